The van der Waals surface area contributed by atoms with Gasteiger partial charge in [-0.05, 0) is 0 Å². The average molecular weight is 223 g/mol. The van der Waals surface area contributed by atoms with Crippen molar-refractivity contribution in [3.63, 3.8) is 0 Å². The van der Waals surface area contributed by atoms with E-state index in [1.807, 2.05) is 0 Å². The van der Waals surface area contributed by atoms with Crippen molar-refractivity contribution in [3.8, 4) is 0 Å². The Balaban J connectivity index is 3.55. The number of hydrogen-bond donors (Lipinski definition) is 0. The van der Waals surface area contributed by atoms with Gasteiger partial charge in [-0.3, -0.25) is 0 Å². The predicted octanol–water partition coefficient (Wildman–Crippen LogP) is -0.926. The molecule has 0 aliphatic carbocycles. The van der Waals surface area contributed by atoms with E-state index in [9.17, 15) is 0 Å². The van der Waals surface area contributed by atoms with Gasteiger partial charge in [-0.15, -0.1) is 13.2 Å². The molecule has 0 heterocycles. The molecule has 0 spiro atoms. The normalized spacial score (nSPS) is 11.6. The molecule has 6 heteroatoms. The third-order valence-corrected chi connectivity index (χ3v) is 20.9. The lowest BCUT2D eigenvalue weighted by atomic mass is 11.3. The van der Waals surface area contributed by atoms with Crippen molar-refractivity contribution in [3.05, 3.63) is 24.6 Å². The molecule has 0 nitrogen and oxygen atoms in total. The fourth-order valence-corrected chi connectivity index (χ4v) is 23.8. The maximum absolute atomic E-state index is 3.71. The van der Waals surface area contributed by atoms with E-state index in [1.165, 1.54) is 32.5 Å². The van der Waals surface area contributed by atoms with E-state index in [1.54, 1.807) is 0 Å². The number of rotatable bonds is 4. The highest BCUT2D eigenvalue weighted by Gasteiger charge is 1.64. The first-order valence-corrected chi connectivity index (χ1v) is 13.8. The van der Waals surface area contributed by atoms with Crippen LogP contribution in [0.3, 0.4) is 0 Å². The molecule has 0 aromatic rings. The van der Waals surface area contributed by atoms with Crippen LogP contribution < -0.4 is 0 Å². The van der Waals surface area contributed by atoms with Crippen molar-refractivity contribution in [2.24, 2.45) is 0 Å². The Morgan fingerprint density at radius 1 is 0.700 bits per heavy atom. The molecule has 0 rings (SSSR count). The SMILES string of the molecule is C=C[Si]=[Si][Si]=[Si][Si]=[Si]C=C. The van der Waals surface area contributed by atoms with Crippen molar-refractivity contribution in [1.29, 1.82) is 0 Å². The predicted molar refractivity (Wildman–Crippen MR) is 54.9 cm³/mol. The summed E-state index contributed by atoms with van der Waals surface area (Å²) in [6, 6.07) is 0. The summed E-state index contributed by atoms with van der Waals surface area (Å²) in [5.74, 6) is 0. The topological polar surface area (TPSA) is 0 Å². The van der Waals surface area contributed by atoms with Crippen LogP contribution in [0.4, 0.5) is 0 Å². The summed E-state index contributed by atoms with van der Waals surface area (Å²) in [5.41, 5.74) is 4.10. The lowest BCUT2D eigenvalue weighted by Crippen LogP contribution is -1.97. The smallest absolute Gasteiger partial charge is 0.0236 e. The van der Waals surface area contributed by atoms with Gasteiger partial charge in [0.25, 0.3) is 0 Å². The summed E-state index contributed by atoms with van der Waals surface area (Å²) in [6.07, 6.45) is 0. The van der Waals surface area contributed by atoms with Crippen molar-refractivity contribution < 1.29 is 0 Å². The molecule has 0 saturated carbocycles. The summed E-state index contributed by atoms with van der Waals surface area (Å²) in [4.78, 5) is 0. The zero-order valence-corrected chi connectivity index (χ0v) is 11.6. The van der Waals surface area contributed by atoms with Gasteiger partial charge in [-0.2, -0.15) is 0 Å². The monoisotopic (exact) mass is 222 g/mol. The molecule has 46 valence electrons. The van der Waals surface area contributed by atoms with E-state index in [-0.39, 0.29) is 0 Å². The fourth-order valence-electron chi connectivity index (χ4n) is 0.237. The van der Waals surface area contributed by atoms with Gasteiger partial charge in [-0.25, -0.2) is 0 Å². The highest BCUT2D eigenvalue weighted by Crippen LogP contribution is 1.41. The molecule has 0 N–H and O–H groups in total. The largest absolute Gasteiger partial charge is 0.104 e. The average Bonchev–Trinajstić information content (AvgIpc) is 1.97. The molecule has 0 atom stereocenters. The molecule has 0 bridgehead atoms. The zero-order chi connectivity index (χ0) is 7.66. The lowest BCUT2D eigenvalue weighted by Gasteiger charge is -1.64. The third-order valence-electron chi connectivity index (χ3n) is 0.536. The maximum Gasteiger partial charge on any atom is 0.0236 e. The molecule has 0 aromatic heterocycles. The van der Waals surface area contributed by atoms with Crippen molar-refractivity contribution in [2.45, 2.75) is 0 Å². The summed E-state index contributed by atoms with van der Waals surface area (Å²) >= 11 is 0. The summed E-state index contributed by atoms with van der Waals surface area (Å²) in [7, 11) is 6.81. The van der Waals surface area contributed by atoms with Crippen LogP contribution in [0.1, 0.15) is 0 Å². The van der Waals surface area contributed by atoms with Crippen molar-refractivity contribution in [1.82, 2.24) is 0 Å². The van der Waals surface area contributed by atoms with Crippen molar-refractivity contribution in [2.75, 3.05) is 0 Å². The molecular formula is C4H6Si6. The third kappa shape index (κ3) is 8.78. The summed E-state index contributed by atoms with van der Waals surface area (Å²) < 4.78 is 0. The molecule has 0 amide bonds. The summed E-state index contributed by atoms with van der Waals surface area (Å²) in [5, 5.41) is 0. The molecular weight excluding hydrogens is 217 g/mol. The first-order valence-electron chi connectivity index (χ1n) is 2.64. The Hall–Kier alpha value is 0.781. The van der Waals surface area contributed by atoms with Crippen LogP contribution in [0, 0.1) is 0 Å². The standard InChI is InChI=1S/C4H6Si6/c1-3-5-7-9-10-8-6-4-2/h3-4H,1-2H2. The van der Waals surface area contributed by atoms with E-state index >= 15 is 0 Å². The van der Waals surface area contributed by atoms with Crippen LogP contribution in [-0.4, -0.2) is 49.7 Å². The van der Waals surface area contributed by atoms with Gasteiger partial charge in [0.15, 0.2) is 0 Å². The van der Waals surface area contributed by atoms with Gasteiger partial charge in [0.05, 0.1) is 0 Å². The van der Waals surface area contributed by atoms with Gasteiger partial charge in [0.1, 0.15) is 0 Å². The highest BCUT2D eigenvalue weighted by molar-refractivity contribution is 7.32. The minimum atomic E-state index is 1.02. The Kier molecular flexibility index (Phi) is 10.5. The first-order chi connectivity index (χ1) is 4.91. The minimum absolute atomic E-state index is 1.02. The van der Waals surface area contributed by atoms with Gasteiger partial charge in [0.2, 0.25) is 0 Å². The Labute approximate surface area is 74.3 Å². The van der Waals surface area contributed by atoms with Crippen LogP contribution in [0.25, 0.3) is 0 Å². The number of hydrogen-bond acceptors (Lipinski definition) is 0. The van der Waals surface area contributed by atoms with Crippen LogP contribution >= 0.6 is 0 Å². The molecule has 0 aliphatic rings. The zero-order valence-electron chi connectivity index (χ0n) is 5.57. The Morgan fingerprint density at radius 2 is 1.10 bits per heavy atom. The maximum atomic E-state index is 3.71. The second kappa shape index (κ2) is 9.78. The molecule has 10 heavy (non-hydrogen) atoms. The van der Waals surface area contributed by atoms with Crippen LogP contribution in [-0.2, 0) is 0 Å². The van der Waals surface area contributed by atoms with Crippen molar-refractivity contribution >= 4 is 49.7 Å². The van der Waals surface area contributed by atoms with E-state index in [0.29, 0.717) is 0 Å². The Morgan fingerprint density at radius 3 is 1.40 bits per heavy atom. The quantitative estimate of drug-likeness (QED) is 0.540. The molecule has 0 fully saturated rings. The lowest BCUT2D eigenvalue weighted by molar-refractivity contribution is 2.62. The highest BCUT2D eigenvalue weighted by atomic mass is 29.6. The van der Waals surface area contributed by atoms with E-state index in [4.69, 9.17) is 0 Å². The second-order valence-corrected chi connectivity index (χ2v) is 17.3. The molecule has 6 radical (unpaired) electrons. The molecule has 0 aliphatic heterocycles. The van der Waals surface area contributed by atoms with Gasteiger partial charge in [-0.1, -0.05) is 11.4 Å². The van der Waals surface area contributed by atoms with Crippen LogP contribution in [0.2, 0.25) is 0 Å². The fraction of sp³-hybridized carbons (Fsp3) is 0. The molecule has 0 unspecified atom stereocenters. The second-order valence-electron chi connectivity index (χ2n) is 1.20. The molecule has 0 saturated heterocycles. The van der Waals surface area contributed by atoms with E-state index < -0.39 is 0 Å². The minimum Gasteiger partial charge on any atom is -0.104 e. The summed E-state index contributed by atoms with van der Waals surface area (Å²) in [6.45, 7) is 7.42. The van der Waals surface area contributed by atoms with E-state index in [2.05, 4.69) is 24.6 Å². The molecule has 0 aromatic carbocycles. The van der Waals surface area contributed by atoms with Gasteiger partial charge >= 0.3 is 0 Å². The van der Waals surface area contributed by atoms with Crippen LogP contribution in [0.15, 0.2) is 24.6 Å². The van der Waals surface area contributed by atoms with Gasteiger partial charge in [0, 0.05) is 49.7 Å². The Bertz CT molecular complexity index is 158. The van der Waals surface area contributed by atoms with E-state index in [0.717, 1.165) is 17.2 Å². The van der Waals surface area contributed by atoms with Gasteiger partial charge < -0.3 is 0 Å². The van der Waals surface area contributed by atoms with Crippen LogP contribution in [0.5, 0.6) is 0 Å². The first kappa shape index (κ1) is 10.8.